The summed E-state index contributed by atoms with van der Waals surface area (Å²) in [7, 11) is 0. The van der Waals surface area contributed by atoms with Crippen LogP contribution >= 0.6 is 0 Å². The second-order valence-electron chi connectivity index (χ2n) is 11.4. The summed E-state index contributed by atoms with van der Waals surface area (Å²) in [5.74, 6) is 2.32. The fourth-order valence-electron chi connectivity index (χ4n) is 6.45. The first-order valence-electron chi connectivity index (χ1n) is 12.7. The molecule has 1 N–H and O–H groups in total. The molecular weight excluding hydrogens is 460 g/mol. The number of hydrogen-bond acceptors (Lipinski definition) is 5. The van der Waals surface area contributed by atoms with Crippen LogP contribution in [-0.2, 0) is 10.2 Å². The van der Waals surface area contributed by atoms with Gasteiger partial charge in [-0.3, -0.25) is 4.79 Å². The van der Waals surface area contributed by atoms with Crippen molar-refractivity contribution in [3.05, 3.63) is 47.5 Å². The summed E-state index contributed by atoms with van der Waals surface area (Å²) in [4.78, 5) is 29.5. The molecule has 3 atom stereocenters. The normalized spacial score (nSPS) is 26.2. The van der Waals surface area contributed by atoms with Gasteiger partial charge >= 0.3 is 6.09 Å². The van der Waals surface area contributed by atoms with E-state index >= 15 is 0 Å². The first-order chi connectivity index (χ1) is 17.2. The molecule has 1 spiro atoms. The molecule has 2 aromatic rings. The zero-order valence-electron chi connectivity index (χ0n) is 21.0. The molecule has 1 saturated heterocycles. The molecule has 0 radical (unpaired) electrons. The van der Waals surface area contributed by atoms with Crippen molar-refractivity contribution < 1.29 is 28.9 Å². The monoisotopic (exact) mass is 492 g/mol. The van der Waals surface area contributed by atoms with Crippen molar-refractivity contribution in [1.29, 1.82) is 0 Å². The highest BCUT2D eigenvalue weighted by atomic mass is 16.7. The van der Waals surface area contributed by atoms with Crippen LogP contribution in [0, 0.1) is 11.3 Å². The van der Waals surface area contributed by atoms with Gasteiger partial charge in [0.2, 0.25) is 12.7 Å². The summed E-state index contributed by atoms with van der Waals surface area (Å²) >= 11 is 0. The van der Waals surface area contributed by atoms with E-state index in [0.717, 1.165) is 36.1 Å². The number of piperidine rings is 1. The van der Waals surface area contributed by atoms with Crippen LogP contribution in [0.3, 0.4) is 0 Å². The number of ether oxygens (including phenoxy) is 3. The van der Waals surface area contributed by atoms with E-state index in [1.807, 2.05) is 41.3 Å². The molecule has 4 heterocycles. The van der Waals surface area contributed by atoms with Crippen LogP contribution in [0.1, 0.15) is 51.2 Å². The van der Waals surface area contributed by atoms with E-state index in [9.17, 15) is 14.7 Å². The van der Waals surface area contributed by atoms with Crippen LogP contribution in [0.15, 0.2) is 36.4 Å². The predicted octanol–water partition coefficient (Wildman–Crippen LogP) is 4.64. The van der Waals surface area contributed by atoms with Gasteiger partial charge in [0.05, 0.1) is 0 Å². The number of fused-ring (bicyclic) bond motifs is 5. The number of carbonyl (C=O) groups excluding carboxylic acids is 1. The Hall–Kier alpha value is -3.42. The highest BCUT2D eigenvalue weighted by Crippen LogP contribution is 2.55. The predicted molar refractivity (Wildman–Crippen MR) is 133 cm³/mol. The molecule has 4 aliphatic heterocycles. The van der Waals surface area contributed by atoms with Crippen LogP contribution in [-0.4, -0.2) is 54.5 Å². The molecule has 2 aromatic carbocycles. The number of hydrogen-bond donors (Lipinski definition) is 1. The third-order valence-corrected chi connectivity index (χ3v) is 8.36. The van der Waals surface area contributed by atoms with Gasteiger partial charge in [-0.2, -0.15) is 0 Å². The van der Waals surface area contributed by atoms with Gasteiger partial charge in [0.15, 0.2) is 11.5 Å². The molecule has 2 amide bonds. The lowest BCUT2D eigenvalue weighted by Gasteiger charge is -2.45. The zero-order valence-corrected chi connectivity index (χ0v) is 21.0. The number of anilines is 1. The zero-order chi connectivity index (χ0) is 25.2. The molecule has 4 aliphatic rings. The Balaban J connectivity index is 1.27. The van der Waals surface area contributed by atoms with E-state index in [1.165, 1.54) is 0 Å². The third-order valence-electron chi connectivity index (χ3n) is 8.36. The standard InChI is InChI=1S/C28H32N2O6/c1-27(2,3)24-12-17(9-11-30(24)26(32)33)8-10-29-20-7-5-4-6-18(20)28(25(29)31)15-34-21-14-23-22(13-19(21)28)35-16-36-23/h4-7,13-14,17,24H,8-12,15-16H2,1-3H3,(H,32,33). The lowest BCUT2D eigenvalue weighted by Crippen LogP contribution is -2.52. The van der Waals surface area contributed by atoms with Crippen molar-refractivity contribution >= 4 is 17.7 Å². The van der Waals surface area contributed by atoms with E-state index in [-0.39, 0.29) is 30.8 Å². The molecule has 1 fully saturated rings. The van der Waals surface area contributed by atoms with Crippen molar-refractivity contribution in [3.8, 4) is 17.2 Å². The smallest absolute Gasteiger partial charge is 0.407 e. The number of carboxylic acid groups (broad SMARTS) is 1. The van der Waals surface area contributed by atoms with Crippen molar-refractivity contribution in [2.45, 2.75) is 51.5 Å². The first-order valence-corrected chi connectivity index (χ1v) is 12.7. The second kappa shape index (κ2) is 8.05. The fraction of sp³-hybridized carbons (Fsp3) is 0.500. The minimum Gasteiger partial charge on any atom is -0.491 e. The van der Waals surface area contributed by atoms with E-state index in [0.29, 0.717) is 36.3 Å². The number of likely N-dealkylation sites (tertiary alicyclic amines) is 1. The average Bonchev–Trinajstić information content (AvgIpc) is 3.52. The molecule has 8 nitrogen and oxygen atoms in total. The van der Waals surface area contributed by atoms with Crippen molar-refractivity contribution in [2.24, 2.45) is 11.3 Å². The van der Waals surface area contributed by atoms with Gasteiger partial charge < -0.3 is 29.1 Å². The Morgan fingerprint density at radius 1 is 1.08 bits per heavy atom. The maximum Gasteiger partial charge on any atom is 0.407 e. The van der Waals surface area contributed by atoms with Gasteiger partial charge in [-0.15, -0.1) is 0 Å². The molecule has 8 heteroatoms. The molecular formula is C28H32N2O6. The molecule has 6 rings (SSSR count). The third kappa shape index (κ3) is 3.33. The van der Waals surface area contributed by atoms with Gasteiger partial charge in [0, 0.05) is 36.4 Å². The van der Waals surface area contributed by atoms with E-state index in [1.54, 1.807) is 4.90 Å². The molecule has 36 heavy (non-hydrogen) atoms. The summed E-state index contributed by atoms with van der Waals surface area (Å²) in [6.07, 6.45) is 1.59. The van der Waals surface area contributed by atoms with Crippen LogP contribution < -0.4 is 19.1 Å². The van der Waals surface area contributed by atoms with E-state index < -0.39 is 11.5 Å². The van der Waals surface area contributed by atoms with Crippen LogP contribution in [0.5, 0.6) is 17.2 Å². The number of rotatable bonds is 3. The molecule has 0 aliphatic carbocycles. The molecule has 0 aromatic heterocycles. The van der Waals surface area contributed by atoms with Crippen molar-refractivity contribution in [2.75, 3.05) is 31.4 Å². The summed E-state index contributed by atoms with van der Waals surface area (Å²) in [6.45, 7) is 7.84. The number of benzene rings is 2. The Kier molecular flexibility index (Phi) is 5.14. The van der Waals surface area contributed by atoms with Gasteiger partial charge in [0.1, 0.15) is 17.8 Å². The lowest BCUT2D eigenvalue weighted by molar-refractivity contribution is -0.122. The summed E-state index contributed by atoms with van der Waals surface area (Å²) in [6, 6.07) is 11.7. The second-order valence-corrected chi connectivity index (χ2v) is 11.4. The Labute approximate surface area is 210 Å². The maximum absolute atomic E-state index is 14.2. The highest BCUT2D eigenvalue weighted by molar-refractivity contribution is 6.11. The average molecular weight is 493 g/mol. The number of nitrogens with zero attached hydrogens (tertiary/aromatic N) is 2. The number of para-hydroxylation sites is 1. The van der Waals surface area contributed by atoms with Crippen LogP contribution in [0.2, 0.25) is 0 Å². The van der Waals surface area contributed by atoms with Gasteiger partial charge in [-0.05, 0) is 48.3 Å². The molecule has 190 valence electrons. The van der Waals surface area contributed by atoms with E-state index in [4.69, 9.17) is 14.2 Å². The Morgan fingerprint density at radius 3 is 2.58 bits per heavy atom. The minimum absolute atomic E-state index is 0.0247. The molecule has 0 saturated carbocycles. The topological polar surface area (TPSA) is 88.5 Å². The Morgan fingerprint density at radius 2 is 1.83 bits per heavy atom. The first kappa shape index (κ1) is 23.0. The quantitative estimate of drug-likeness (QED) is 0.672. The number of amides is 2. The van der Waals surface area contributed by atoms with Gasteiger partial charge in [0.25, 0.3) is 0 Å². The summed E-state index contributed by atoms with van der Waals surface area (Å²) < 4.78 is 17.2. The fourth-order valence-corrected chi connectivity index (χ4v) is 6.45. The van der Waals surface area contributed by atoms with E-state index in [2.05, 4.69) is 20.8 Å². The van der Waals surface area contributed by atoms with Crippen molar-refractivity contribution in [1.82, 2.24) is 4.90 Å². The summed E-state index contributed by atoms with van der Waals surface area (Å²) in [5.41, 5.74) is 1.67. The largest absolute Gasteiger partial charge is 0.491 e. The Bertz CT molecular complexity index is 1240. The van der Waals surface area contributed by atoms with Crippen LogP contribution in [0.25, 0.3) is 0 Å². The highest BCUT2D eigenvalue weighted by Gasteiger charge is 2.57. The molecule has 3 unspecified atom stereocenters. The SMILES string of the molecule is CC(C)(C)C1CC(CCN2C(=O)C3(COc4cc5c(cc43)OCO5)c3ccccc32)CCN1C(=O)O. The van der Waals surface area contributed by atoms with Crippen LogP contribution in [0.4, 0.5) is 10.5 Å². The minimum atomic E-state index is -0.895. The van der Waals surface area contributed by atoms with Gasteiger partial charge in [-0.25, -0.2) is 4.79 Å². The lowest BCUT2D eigenvalue weighted by atomic mass is 9.76. The summed E-state index contributed by atoms with van der Waals surface area (Å²) in [5, 5.41) is 9.71. The number of carbonyl (C=O) groups is 2. The van der Waals surface area contributed by atoms with Gasteiger partial charge in [-0.1, -0.05) is 39.0 Å². The maximum atomic E-state index is 14.2. The van der Waals surface area contributed by atoms with Crippen molar-refractivity contribution in [3.63, 3.8) is 0 Å². The molecule has 0 bridgehead atoms.